The minimum Gasteiger partial charge on any atom is -0.341 e. The second-order valence-corrected chi connectivity index (χ2v) is 7.40. The molecule has 25 heavy (non-hydrogen) atoms. The van der Waals surface area contributed by atoms with E-state index in [1.807, 2.05) is 31.2 Å². The fraction of sp³-hybridized carbons (Fsp3) is 0.526. The highest BCUT2D eigenvalue weighted by Gasteiger charge is 2.49. The zero-order chi connectivity index (χ0) is 18.2. The lowest BCUT2D eigenvalue weighted by molar-refractivity contribution is -0.139. The second kappa shape index (κ2) is 6.50. The molecule has 0 radical (unpaired) electrons. The Bertz CT molecular complexity index is 700. The first-order valence-electron chi connectivity index (χ1n) is 8.80. The number of likely N-dealkylation sites (tertiary alicyclic amines) is 1. The molecule has 0 saturated carbocycles. The highest BCUT2D eigenvalue weighted by Crippen LogP contribution is 2.29. The maximum atomic E-state index is 12.9. The van der Waals surface area contributed by atoms with E-state index in [2.05, 4.69) is 12.2 Å². The van der Waals surface area contributed by atoms with Crippen LogP contribution in [0.25, 0.3) is 0 Å². The van der Waals surface area contributed by atoms with E-state index in [0.717, 1.165) is 28.9 Å². The van der Waals surface area contributed by atoms with Crippen LogP contribution in [0.5, 0.6) is 0 Å². The van der Waals surface area contributed by atoms with E-state index in [4.69, 9.17) is 0 Å². The number of amides is 4. The summed E-state index contributed by atoms with van der Waals surface area (Å²) in [4.78, 5) is 40.6. The van der Waals surface area contributed by atoms with E-state index in [-0.39, 0.29) is 18.4 Å². The highest BCUT2D eigenvalue weighted by molar-refractivity contribution is 6.09. The van der Waals surface area contributed by atoms with Gasteiger partial charge < -0.3 is 10.2 Å². The summed E-state index contributed by atoms with van der Waals surface area (Å²) >= 11 is 0. The Morgan fingerprint density at radius 3 is 2.60 bits per heavy atom. The van der Waals surface area contributed by atoms with Gasteiger partial charge in [-0.3, -0.25) is 14.5 Å². The van der Waals surface area contributed by atoms with Gasteiger partial charge in [-0.2, -0.15) is 0 Å². The van der Waals surface area contributed by atoms with Crippen molar-refractivity contribution in [2.24, 2.45) is 5.92 Å². The molecule has 1 aromatic carbocycles. The van der Waals surface area contributed by atoms with E-state index in [0.29, 0.717) is 19.0 Å². The van der Waals surface area contributed by atoms with Crippen LogP contribution in [0.2, 0.25) is 0 Å². The summed E-state index contributed by atoms with van der Waals surface area (Å²) in [6.07, 6.45) is 2.08. The van der Waals surface area contributed by atoms with Crippen LogP contribution >= 0.6 is 0 Å². The van der Waals surface area contributed by atoms with Gasteiger partial charge in [-0.15, -0.1) is 0 Å². The number of benzene rings is 1. The molecule has 1 N–H and O–H groups in total. The van der Waals surface area contributed by atoms with Crippen molar-refractivity contribution in [1.82, 2.24) is 15.1 Å². The molecule has 0 aliphatic carbocycles. The Labute approximate surface area is 148 Å². The van der Waals surface area contributed by atoms with Gasteiger partial charge >= 0.3 is 6.03 Å². The van der Waals surface area contributed by atoms with Gasteiger partial charge in [0.2, 0.25) is 5.91 Å². The van der Waals surface area contributed by atoms with Crippen LogP contribution in [-0.4, -0.2) is 47.3 Å². The molecule has 134 valence electrons. The molecular formula is C19H25N3O3. The van der Waals surface area contributed by atoms with E-state index < -0.39 is 11.6 Å². The van der Waals surface area contributed by atoms with Gasteiger partial charge in [-0.1, -0.05) is 36.8 Å². The number of urea groups is 1. The minimum atomic E-state index is -1.12. The molecule has 0 bridgehead atoms. The molecule has 6 nitrogen and oxygen atoms in total. The first-order valence-corrected chi connectivity index (χ1v) is 8.80. The summed E-state index contributed by atoms with van der Waals surface area (Å²) in [6, 6.07) is 6.98. The molecule has 0 aromatic heterocycles. The number of aryl methyl sites for hydroxylation is 1. The third kappa shape index (κ3) is 3.25. The van der Waals surface area contributed by atoms with E-state index in [1.165, 1.54) is 0 Å². The average molecular weight is 343 g/mol. The lowest BCUT2D eigenvalue weighted by atomic mass is 9.91. The van der Waals surface area contributed by atoms with Crippen molar-refractivity contribution in [2.45, 2.75) is 39.2 Å². The topological polar surface area (TPSA) is 69.7 Å². The number of carbonyl (C=O) groups excluding carboxylic acids is 3. The Morgan fingerprint density at radius 1 is 1.28 bits per heavy atom. The van der Waals surface area contributed by atoms with Crippen LogP contribution in [0, 0.1) is 12.8 Å². The van der Waals surface area contributed by atoms with Crippen LogP contribution < -0.4 is 5.32 Å². The minimum absolute atomic E-state index is 0.164. The number of rotatable bonds is 3. The van der Waals surface area contributed by atoms with Gasteiger partial charge in [0.05, 0.1) is 0 Å². The van der Waals surface area contributed by atoms with Crippen molar-refractivity contribution < 1.29 is 14.4 Å². The normalized spacial score (nSPS) is 26.8. The molecule has 2 aliphatic rings. The van der Waals surface area contributed by atoms with Crippen LogP contribution in [0.4, 0.5) is 4.79 Å². The lowest BCUT2D eigenvalue weighted by Gasteiger charge is -2.31. The smallest absolute Gasteiger partial charge is 0.325 e. The number of piperidine rings is 1. The second-order valence-electron chi connectivity index (χ2n) is 7.40. The third-order valence-electron chi connectivity index (χ3n) is 5.21. The van der Waals surface area contributed by atoms with Crippen LogP contribution in [0.15, 0.2) is 24.3 Å². The zero-order valence-corrected chi connectivity index (χ0v) is 15.0. The molecule has 0 spiro atoms. The van der Waals surface area contributed by atoms with E-state index in [9.17, 15) is 14.4 Å². The molecular weight excluding hydrogens is 318 g/mol. The summed E-state index contributed by atoms with van der Waals surface area (Å²) in [5.74, 6) is -0.0819. The SMILES string of the molecule is Cc1ccc([C@]2(C)NC(=O)N(CC(=O)N3CCC[C@H](C)C3)C2=O)cc1. The molecule has 1 aromatic rings. The number of carbonyl (C=O) groups is 3. The summed E-state index contributed by atoms with van der Waals surface area (Å²) in [5, 5.41) is 2.75. The number of hydrogen-bond acceptors (Lipinski definition) is 3. The number of nitrogens with one attached hydrogen (secondary N) is 1. The molecule has 2 saturated heterocycles. The Balaban J connectivity index is 1.75. The quantitative estimate of drug-likeness (QED) is 0.854. The van der Waals surface area contributed by atoms with Crippen molar-refractivity contribution in [2.75, 3.05) is 19.6 Å². The standard InChI is InChI=1S/C19H25N3O3/c1-13-6-8-15(9-7-13)19(3)17(24)22(18(25)20-19)12-16(23)21-10-4-5-14(2)11-21/h6-9,14H,4-5,10-12H2,1-3H3,(H,20,25)/t14-,19-/m0/s1. The average Bonchev–Trinajstić information content (AvgIpc) is 2.79. The van der Waals surface area contributed by atoms with Gasteiger partial charge in [0.1, 0.15) is 12.1 Å². The zero-order valence-electron chi connectivity index (χ0n) is 15.0. The number of imide groups is 1. The third-order valence-corrected chi connectivity index (χ3v) is 5.21. The van der Waals surface area contributed by atoms with Crippen LogP contribution in [-0.2, 0) is 15.1 Å². The van der Waals surface area contributed by atoms with Gasteiger partial charge in [-0.05, 0) is 38.2 Å². The molecule has 2 atom stereocenters. The predicted molar refractivity (Wildman–Crippen MR) is 93.8 cm³/mol. The monoisotopic (exact) mass is 343 g/mol. The number of nitrogens with zero attached hydrogens (tertiary/aromatic N) is 2. The largest absolute Gasteiger partial charge is 0.341 e. The Kier molecular flexibility index (Phi) is 4.54. The predicted octanol–water partition coefficient (Wildman–Crippen LogP) is 2.02. The van der Waals surface area contributed by atoms with Crippen LogP contribution in [0.3, 0.4) is 0 Å². The summed E-state index contributed by atoms with van der Waals surface area (Å²) in [6.45, 7) is 6.96. The maximum absolute atomic E-state index is 12.9. The summed E-state index contributed by atoms with van der Waals surface area (Å²) in [7, 11) is 0. The summed E-state index contributed by atoms with van der Waals surface area (Å²) in [5.41, 5.74) is 0.675. The first kappa shape index (κ1) is 17.5. The first-order chi connectivity index (χ1) is 11.8. The van der Waals surface area contributed by atoms with Crippen molar-refractivity contribution in [3.8, 4) is 0 Å². The fourth-order valence-corrected chi connectivity index (χ4v) is 3.57. The molecule has 0 unspecified atom stereocenters. The van der Waals surface area contributed by atoms with Crippen LogP contribution in [0.1, 0.15) is 37.8 Å². The van der Waals surface area contributed by atoms with Crippen molar-refractivity contribution >= 4 is 17.8 Å². The Hall–Kier alpha value is -2.37. The lowest BCUT2D eigenvalue weighted by Crippen LogP contribution is -2.47. The van der Waals surface area contributed by atoms with Gasteiger partial charge in [0.25, 0.3) is 5.91 Å². The van der Waals surface area contributed by atoms with E-state index >= 15 is 0 Å². The molecule has 2 heterocycles. The molecule has 4 amide bonds. The fourth-order valence-electron chi connectivity index (χ4n) is 3.57. The van der Waals surface area contributed by atoms with Crippen molar-refractivity contribution in [3.05, 3.63) is 35.4 Å². The Morgan fingerprint density at radius 2 is 1.96 bits per heavy atom. The summed E-state index contributed by atoms with van der Waals surface area (Å²) < 4.78 is 0. The van der Waals surface area contributed by atoms with Gasteiger partial charge in [-0.25, -0.2) is 4.79 Å². The van der Waals surface area contributed by atoms with Gasteiger partial charge in [0, 0.05) is 13.1 Å². The number of hydrogen-bond donors (Lipinski definition) is 1. The molecule has 2 aliphatic heterocycles. The maximum Gasteiger partial charge on any atom is 0.325 e. The molecule has 3 rings (SSSR count). The van der Waals surface area contributed by atoms with Gasteiger partial charge in [0.15, 0.2) is 0 Å². The molecule has 2 fully saturated rings. The van der Waals surface area contributed by atoms with Crippen molar-refractivity contribution in [1.29, 1.82) is 0 Å². The highest BCUT2D eigenvalue weighted by atomic mass is 16.2. The molecule has 6 heteroatoms. The van der Waals surface area contributed by atoms with E-state index in [1.54, 1.807) is 11.8 Å². The van der Waals surface area contributed by atoms with Crippen molar-refractivity contribution in [3.63, 3.8) is 0 Å².